The molecule has 1 saturated heterocycles. The average Bonchev–Trinajstić information content (AvgIpc) is 2.70. The largest absolute Gasteiger partial charge is 0.379 e. The van der Waals surface area contributed by atoms with E-state index >= 15 is 0 Å². The number of aryl methyl sites for hydroxylation is 1. The van der Waals surface area contributed by atoms with Crippen LogP contribution in [0, 0.1) is 0 Å². The summed E-state index contributed by atoms with van der Waals surface area (Å²) < 4.78 is 5.43. The molecule has 0 bridgehead atoms. The van der Waals surface area contributed by atoms with Crippen LogP contribution < -0.4 is 0 Å². The first-order chi connectivity index (χ1) is 7.79. The van der Waals surface area contributed by atoms with E-state index in [1.165, 1.54) is 17.1 Å². The minimum atomic E-state index is 0.519. The number of thiazole rings is 1. The first kappa shape index (κ1) is 12.0. The zero-order valence-electron chi connectivity index (χ0n) is 10.1. The molecule has 1 atom stereocenters. The van der Waals surface area contributed by atoms with Crippen LogP contribution in [-0.2, 0) is 17.7 Å². The maximum atomic E-state index is 5.43. The summed E-state index contributed by atoms with van der Waals surface area (Å²) in [6.07, 6.45) is 2.30. The quantitative estimate of drug-likeness (QED) is 0.807. The first-order valence-corrected chi connectivity index (χ1v) is 6.92. The Labute approximate surface area is 101 Å². The van der Waals surface area contributed by atoms with E-state index in [0.717, 1.165) is 32.7 Å². The molecule has 0 radical (unpaired) electrons. The number of nitrogens with zero attached hydrogens (tertiary/aromatic N) is 2. The monoisotopic (exact) mass is 240 g/mol. The van der Waals surface area contributed by atoms with Crippen molar-refractivity contribution in [3.8, 4) is 0 Å². The molecule has 0 spiro atoms. The van der Waals surface area contributed by atoms with Gasteiger partial charge in [-0.25, -0.2) is 4.98 Å². The summed E-state index contributed by atoms with van der Waals surface area (Å²) in [7, 11) is 0. The lowest BCUT2D eigenvalue weighted by Crippen LogP contribution is -2.42. The predicted octanol–water partition coefficient (Wildman–Crippen LogP) is 2.32. The first-order valence-electron chi connectivity index (χ1n) is 6.04. The topological polar surface area (TPSA) is 25.4 Å². The fourth-order valence-corrected chi connectivity index (χ4v) is 2.85. The van der Waals surface area contributed by atoms with Crippen molar-refractivity contribution in [1.29, 1.82) is 0 Å². The van der Waals surface area contributed by atoms with Gasteiger partial charge in [0.15, 0.2) is 0 Å². The van der Waals surface area contributed by atoms with E-state index < -0.39 is 0 Å². The van der Waals surface area contributed by atoms with Crippen molar-refractivity contribution in [2.75, 3.05) is 19.8 Å². The fraction of sp³-hybridized carbons (Fsp3) is 0.750. The molecule has 1 aliphatic heterocycles. The summed E-state index contributed by atoms with van der Waals surface area (Å²) >= 11 is 1.79. The number of ether oxygens (including phenoxy) is 1. The summed E-state index contributed by atoms with van der Waals surface area (Å²) in [4.78, 5) is 7.12. The van der Waals surface area contributed by atoms with E-state index in [1.807, 2.05) is 0 Å². The third-order valence-electron chi connectivity index (χ3n) is 2.93. The molecular weight excluding hydrogens is 220 g/mol. The summed E-state index contributed by atoms with van der Waals surface area (Å²) in [6.45, 7) is 8.14. The molecule has 0 aliphatic carbocycles. The van der Waals surface area contributed by atoms with Crippen molar-refractivity contribution in [1.82, 2.24) is 9.88 Å². The van der Waals surface area contributed by atoms with Crippen LogP contribution in [0.3, 0.4) is 0 Å². The van der Waals surface area contributed by atoms with Crippen LogP contribution in [0.15, 0.2) is 5.38 Å². The van der Waals surface area contributed by atoms with Crippen molar-refractivity contribution in [2.24, 2.45) is 0 Å². The third-order valence-corrected chi connectivity index (χ3v) is 3.89. The fourth-order valence-electron chi connectivity index (χ4n) is 1.95. The van der Waals surface area contributed by atoms with E-state index in [-0.39, 0.29) is 0 Å². The van der Waals surface area contributed by atoms with Crippen molar-refractivity contribution >= 4 is 11.3 Å². The Morgan fingerprint density at radius 1 is 1.62 bits per heavy atom. The van der Waals surface area contributed by atoms with Crippen molar-refractivity contribution < 1.29 is 4.74 Å². The molecule has 0 amide bonds. The Kier molecular flexibility index (Phi) is 4.32. The predicted molar refractivity (Wildman–Crippen MR) is 66.8 cm³/mol. The highest BCUT2D eigenvalue weighted by Crippen LogP contribution is 2.16. The summed E-state index contributed by atoms with van der Waals surface area (Å²) in [6, 6.07) is 0.519. The molecule has 3 nitrogen and oxygen atoms in total. The number of aromatic nitrogens is 1. The Morgan fingerprint density at radius 3 is 3.25 bits per heavy atom. The molecule has 0 saturated carbocycles. The van der Waals surface area contributed by atoms with Gasteiger partial charge in [-0.1, -0.05) is 6.92 Å². The zero-order chi connectivity index (χ0) is 11.4. The molecule has 2 rings (SSSR count). The molecule has 2 heterocycles. The maximum Gasteiger partial charge on any atom is 0.0928 e. The van der Waals surface area contributed by atoms with Gasteiger partial charge < -0.3 is 4.74 Å². The van der Waals surface area contributed by atoms with Crippen LogP contribution in [-0.4, -0.2) is 35.7 Å². The number of hydrogen-bond donors (Lipinski definition) is 0. The van der Waals surface area contributed by atoms with Gasteiger partial charge in [0.1, 0.15) is 0 Å². The SMILES string of the molecule is CCCc1nc(CN2CCOCC2C)cs1. The minimum absolute atomic E-state index is 0.519. The lowest BCUT2D eigenvalue weighted by atomic mass is 10.2. The number of rotatable bonds is 4. The van der Waals surface area contributed by atoms with Gasteiger partial charge in [0.25, 0.3) is 0 Å². The summed E-state index contributed by atoms with van der Waals surface area (Å²) in [5.41, 5.74) is 1.22. The highest BCUT2D eigenvalue weighted by molar-refractivity contribution is 7.09. The smallest absolute Gasteiger partial charge is 0.0928 e. The van der Waals surface area contributed by atoms with E-state index in [4.69, 9.17) is 4.74 Å². The van der Waals surface area contributed by atoms with Crippen LogP contribution in [0.5, 0.6) is 0 Å². The summed E-state index contributed by atoms with van der Waals surface area (Å²) in [5.74, 6) is 0. The molecule has 90 valence electrons. The van der Waals surface area contributed by atoms with Gasteiger partial charge in [-0.05, 0) is 19.8 Å². The molecule has 0 aromatic carbocycles. The number of hydrogen-bond acceptors (Lipinski definition) is 4. The van der Waals surface area contributed by atoms with E-state index in [0.29, 0.717) is 6.04 Å². The van der Waals surface area contributed by atoms with Crippen LogP contribution >= 0.6 is 11.3 Å². The lowest BCUT2D eigenvalue weighted by molar-refractivity contribution is -0.00484. The van der Waals surface area contributed by atoms with E-state index in [9.17, 15) is 0 Å². The van der Waals surface area contributed by atoms with Gasteiger partial charge in [-0.3, -0.25) is 4.90 Å². The average molecular weight is 240 g/mol. The Bertz CT molecular complexity index is 327. The number of morpholine rings is 1. The summed E-state index contributed by atoms with van der Waals surface area (Å²) in [5, 5.41) is 3.48. The minimum Gasteiger partial charge on any atom is -0.379 e. The molecule has 1 aromatic rings. The maximum absolute atomic E-state index is 5.43. The van der Waals surface area contributed by atoms with Crippen molar-refractivity contribution in [3.63, 3.8) is 0 Å². The highest BCUT2D eigenvalue weighted by Gasteiger charge is 2.19. The molecular formula is C12H20N2OS. The second-order valence-electron chi connectivity index (χ2n) is 4.38. The van der Waals surface area contributed by atoms with Gasteiger partial charge in [-0.2, -0.15) is 0 Å². The highest BCUT2D eigenvalue weighted by atomic mass is 32.1. The Hall–Kier alpha value is -0.450. The molecule has 0 N–H and O–H groups in total. The molecule has 4 heteroatoms. The molecule has 1 unspecified atom stereocenters. The van der Waals surface area contributed by atoms with Crippen molar-refractivity contribution in [2.45, 2.75) is 39.3 Å². The Balaban J connectivity index is 1.91. The van der Waals surface area contributed by atoms with Gasteiger partial charge >= 0.3 is 0 Å². The molecule has 1 aromatic heterocycles. The Morgan fingerprint density at radius 2 is 2.50 bits per heavy atom. The van der Waals surface area contributed by atoms with E-state index in [2.05, 4.69) is 29.1 Å². The van der Waals surface area contributed by atoms with E-state index in [1.54, 1.807) is 11.3 Å². The van der Waals surface area contributed by atoms with Gasteiger partial charge in [-0.15, -0.1) is 11.3 Å². The zero-order valence-corrected chi connectivity index (χ0v) is 10.9. The van der Waals surface area contributed by atoms with Gasteiger partial charge in [0.2, 0.25) is 0 Å². The van der Waals surface area contributed by atoms with Gasteiger partial charge in [0, 0.05) is 24.5 Å². The van der Waals surface area contributed by atoms with Crippen molar-refractivity contribution in [3.05, 3.63) is 16.1 Å². The van der Waals surface area contributed by atoms with Crippen LogP contribution in [0.4, 0.5) is 0 Å². The third kappa shape index (κ3) is 3.03. The van der Waals surface area contributed by atoms with Crippen LogP contribution in [0.2, 0.25) is 0 Å². The normalized spacial score (nSPS) is 22.5. The van der Waals surface area contributed by atoms with Crippen LogP contribution in [0.25, 0.3) is 0 Å². The second-order valence-corrected chi connectivity index (χ2v) is 5.32. The van der Waals surface area contributed by atoms with Gasteiger partial charge in [0.05, 0.1) is 23.9 Å². The molecule has 1 fully saturated rings. The lowest BCUT2D eigenvalue weighted by Gasteiger charge is -2.32. The van der Waals surface area contributed by atoms with Crippen LogP contribution in [0.1, 0.15) is 31.0 Å². The molecule has 16 heavy (non-hydrogen) atoms. The molecule has 1 aliphatic rings. The standard InChI is InChI=1S/C12H20N2OS/c1-3-4-12-13-11(9-16-12)7-14-5-6-15-8-10(14)2/h9-10H,3-8H2,1-2H3. The second kappa shape index (κ2) is 5.75.